The third kappa shape index (κ3) is 4.43. The molecule has 2 saturated heterocycles. The molecule has 3 heterocycles. The van der Waals surface area contributed by atoms with E-state index in [0.717, 1.165) is 31.7 Å². The van der Waals surface area contributed by atoms with Crippen molar-refractivity contribution in [3.63, 3.8) is 0 Å². The van der Waals surface area contributed by atoms with Crippen molar-refractivity contribution in [3.05, 3.63) is 53.9 Å². The van der Waals surface area contributed by atoms with E-state index >= 15 is 0 Å². The summed E-state index contributed by atoms with van der Waals surface area (Å²) in [4.78, 5) is 14.9. The Hall–Kier alpha value is -2.22. The van der Waals surface area contributed by atoms with Crippen LogP contribution in [0.5, 0.6) is 0 Å². The van der Waals surface area contributed by atoms with Crippen LogP contribution >= 0.6 is 0 Å². The van der Waals surface area contributed by atoms with Gasteiger partial charge < -0.3 is 14.8 Å². The molecule has 1 amide bonds. The van der Waals surface area contributed by atoms with Crippen LogP contribution in [0.2, 0.25) is 0 Å². The Morgan fingerprint density at radius 3 is 2.96 bits per heavy atom. The quantitative estimate of drug-likeness (QED) is 0.819. The van der Waals surface area contributed by atoms with Crippen LogP contribution in [0.15, 0.2) is 42.7 Å². The molecule has 0 radical (unpaired) electrons. The minimum atomic E-state index is -0.452. The first-order chi connectivity index (χ1) is 13.7. The third-order valence-corrected chi connectivity index (χ3v) is 5.45. The molecule has 7 nitrogen and oxygen atoms in total. The Morgan fingerprint density at radius 2 is 2.18 bits per heavy atom. The van der Waals surface area contributed by atoms with Crippen molar-refractivity contribution in [3.8, 4) is 0 Å². The maximum atomic E-state index is 12.5. The Labute approximate surface area is 165 Å². The van der Waals surface area contributed by atoms with E-state index in [4.69, 9.17) is 9.47 Å². The number of benzene rings is 1. The first-order valence-electron chi connectivity index (χ1n) is 9.97. The second-order valence-electron chi connectivity index (χ2n) is 7.65. The van der Waals surface area contributed by atoms with Gasteiger partial charge in [-0.3, -0.25) is 14.4 Å². The SMILES string of the molecule is CCn1cc(CN2CCOC3(COC(C(=O)NCc4ccccc4)C3)C2)cn1. The van der Waals surface area contributed by atoms with Gasteiger partial charge in [-0.05, 0) is 12.5 Å². The minimum absolute atomic E-state index is 0.0642. The summed E-state index contributed by atoms with van der Waals surface area (Å²) in [5.74, 6) is -0.0642. The average molecular weight is 384 g/mol. The summed E-state index contributed by atoms with van der Waals surface area (Å²) < 4.78 is 13.9. The van der Waals surface area contributed by atoms with Crippen LogP contribution in [0.25, 0.3) is 0 Å². The van der Waals surface area contributed by atoms with Crippen LogP contribution in [0, 0.1) is 0 Å². The van der Waals surface area contributed by atoms with Gasteiger partial charge in [0.15, 0.2) is 0 Å². The Kier molecular flexibility index (Phi) is 5.75. The molecule has 1 N–H and O–H groups in total. The second kappa shape index (κ2) is 8.43. The predicted molar refractivity (Wildman–Crippen MR) is 105 cm³/mol. The highest BCUT2D eigenvalue weighted by Crippen LogP contribution is 2.32. The molecule has 2 aliphatic heterocycles. The number of hydrogen-bond donors (Lipinski definition) is 1. The van der Waals surface area contributed by atoms with E-state index in [-0.39, 0.29) is 5.91 Å². The van der Waals surface area contributed by atoms with Gasteiger partial charge in [-0.25, -0.2) is 0 Å². The molecule has 2 fully saturated rings. The smallest absolute Gasteiger partial charge is 0.249 e. The number of aryl methyl sites for hydroxylation is 1. The number of nitrogens with zero attached hydrogens (tertiary/aromatic N) is 3. The topological polar surface area (TPSA) is 68.6 Å². The fourth-order valence-corrected chi connectivity index (χ4v) is 3.96. The van der Waals surface area contributed by atoms with E-state index in [9.17, 15) is 4.79 Å². The lowest BCUT2D eigenvalue weighted by Gasteiger charge is -2.39. The van der Waals surface area contributed by atoms with E-state index in [1.165, 1.54) is 5.56 Å². The Morgan fingerprint density at radius 1 is 1.32 bits per heavy atom. The zero-order chi connectivity index (χ0) is 19.4. The number of morpholine rings is 1. The molecule has 1 spiro atoms. The number of aromatic nitrogens is 2. The fourth-order valence-electron chi connectivity index (χ4n) is 3.96. The van der Waals surface area contributed by atoms with Crippen molar-refractivity contribution in [1.82, 2.24) is 20.0 Å². The van der Waals surface area contributed by atoms with E-state index < -0.39 is 11.7 Å². The average Bonchev–Trinajstić information content (AvgIpc) is 3.34. The van der Waals surface area contributed by atoms with Crippen molar-refractivity contribution >= 4 is 5.91 Å². The van der Waals surface area contributed by atoms with Gasteiger partial charge in [-0.2, -0.15) is 5.10 Å². The van der Waals surface area contributed by atoms with Crippen molar-refractivity contribution in [2.24, 2.45) is 0 Å². The van der Waals surface area contributed by atoms with E-state index in [2.05, 4.69) is 28.4 Å². The minimum Gasteiger partial charge on any atom is -0.370 e. The van der Waals surface area contributed by atoms with Crippen LogP contribution < -0.4 is 5.32 Å². The zero-order valence-corrected chi connectivity index (χ0v) is 16.3. The van der Waals surface area contributed by atoms with Gasteiger partial charge in [0, 0.05) is 50.9 Å². The number of nitrogens with one attached hydrogen (secondary N) is 1. The number of ether oxygens (including phenoxy) is 2. The normalized spacial score (nSPS) is 25.2. The summed E-state index contributed by atoms with van der Waals surface area (Å²) in [5.41, 5.74) is 1.89. The summed E-state index contributed by atoms with van der Waals surface area (Å²) in [6.45, 7) is 7.08. The Bertz CT molecular complexity index is 794. The lowest BCUT2D eigenvalue weighted by molar-refractivity contribution is -0.130. The standard InChI is InChI=1S/C21H28N4O3/c1-2-25-14-18(12-23-25)13-24-8-9-28-21(15-24)10-19(27-16-21)20(26)22-11-17-6-4-3-5-7-17/h3-7,12,14,19H,2,8-11,13,15-16H2,1H3,(H,22,26). The van der Waals surface area contributed by atoms with Crippen molar-refractivity contribution in [2.75, 3.05) is 26.3 Å². The van der Waals surface area contributed by atoms with Crippen LogP contribution in [0.3, 0.4) is 0 Å². The van der Waals surface area contributed by atoms with Gasteiger partial charge in [0.1, 0.15) is 11.7 Å². The van der Waals surface area contributed by atoms with Gasteiger partial charge in [0.2, 0.25) is 5.91 Å². The molecule has 2 unspecified atom stereocenters. The number of amides is 1. The molecule has 0 aliphatic carbocycles. The highest BCUT2D eigenvalue weighted by molar-refractivity contribution is 5.81. The van der Waals surface area contributed by atoms with Crippen LogP contribution in [0.1, 0.15) is 24.5 Å². The molecule has 1 aromatic heterocycles. The third-order valence-electron chi connectivity index (χ3n) is 5.45. The molecular weight excluding hydrogens is 356 g/mol. The van der Waals surface area contributed by atoms with Crippen molar-refractivity contribution in [1.29, 1.82) is 0 Å². The van der Waals surface area contributed by atoms with E-state index in [1.807, 2.05) is 41.2 Å². The summed E-state index contributed by atoms with van der Waals surface area (Å²) in [6.07, 6.45) is 4.16. The first-order valence-corrected chi connectivity index (χ1v) is 9.97. The number of carbonyl (C=O) groups is 1. The molecule has 28 heavy (non-hydrogen) atoms. The zero-order valence-electron chi connectivity index (χ0n) is 16.3. The van der Waals surface area contributed by atoms with E-state index in [1.54, 1.807) is 0 Å². The summed E-state index contributed by atoms with van der Waals surface area (Å²) >= 11 is 0. The van der Waals surface area contributed by atoms with Gasteiger partial charge in [-0.15, -0.1) is 0 Å². The van der Waals surface area contributed by atoms with Gasteiger partial charge >= 0.3 is 0 Å². The van der Waals surface area contributed by atoms with Gasteiger partial charge in [0.25, 0.3) is 0 Å². The van der Waals surface area contributed by atoms with Crippen molar-refractivity contribution in [2.45, 2.75) is 44.7 Å². The highest BCUT2D eigenvalue weighted by atomic mass is 16.6. The number of hydrogen-bond acceptors (Lipinski definition) is 5. The highest BCUT2D eigenvalue weighted by Gasteiger charge is 2.46. The van der Waals surface area contributed by atoms with Gasteiger partial charge in [-0.1, -0.05) is 30.3 Å². The van der Waals surface area contributed by atoms with Crippen molar-refractivity contribution < 1.29 is 14.3 Å². The number of carbonyl (C=O) groups excluding carboxylic acids is 1. The van der Waals surface area contributed by atoms with Crippen LogP contribution in [0.4, 0.5) is 0 Å². The van der Waals surface area contributed by atoms with Crippen LogP contribution in [-0.2, 0) is 33.9 Å². The largest absolute Gasteiger partial charge is 0.370 e. The van der Waals surface area contributed by atoms with E-state index in [0.29, 0.717) is 26.2 Å². The van der Waals surface area contributed by atoms with Crippen LogP contribution in [-0.4, -0.2) is 58.6 Å². The molecule has 1 aromatic carbocycles. The molecular formula is C21H28N4O3. The lowest BCUT2D eigenvalue weighted by Crippen LogP contribution is -2.52. The summed E-state index contributed by atoms with van der Waals surface area (Å²) in [7, 11) is 0. The lowest BCUT2D eigenvalue weighted by atomic mass is 9.97. The van der Waals surface area contributed by atoms with Gasteiger partial charge in [0.05, 0.1) is 19.4 Å². The predicted octanol–water partition coefficient (Wildman–Crippen LogP) is 1.58. The molecule has 0 bridgehead atoms. The second-order valence-corrected chi connectivity index (χ2v) is 7.65. The maximum Gasteiger partial charge on any atom is 0.249 e. The molecule has 2 atom stereocenters. The molecule has 2 aromatic rings. The fraction of sp³-hybridized carbons (Fsp3) is 0.524. The monoisotopic (exact) mass is 384 g/mol. The summed E-state index contributed by atoms with van der Waals surface area (Å²) in [6, 6.07) is 9.91. The molecule has 150 valence electrons. The molecule has 7 heteroatoms. The molecule has 2 aliphatic rings. The Balaban J connectivity index is 1.30. The maximum absolute atomic E-state index is 12.5. The molecule has 4 rings (SSSR count). The number of rotatable bonds is 6. The summed E-state index contributed by atoms with van der Waals surface area (Å²) in [5, 5.41) is 7.33. The first kappa shape index (κ1) is 19.1. The molecule has 0 saturated carbocycles.